The topological polar surface area (TPSA) is 42.7 Å². The lowest BCUT2D eigenvalue weighted by Gasteiger charge is -2.31. The van der Waals surface area contributed by atoms with E-state index in [-0.39, 0.29) is 0 Å². The Morgan fingerprint density at radius 1 is 1.30 bits per heavy atom. The van der Waals surface area contributed by atoms with Gasteiger partial charge in [-0.15, -0.1) is 0 Å². The van der Waals surface area contributed by atoms with Crippen molar-refractivity contribution in [1.82, 2.24) is 20.1 Å². The van der Waals surface area contributed by atoms with Gasteiger partial charge in [0.1, 0.15) is 12.2 Å². The molecule has 1 heterocycles. The van der Waals surface area contributed by atoms with Crippen molar-refractivity contribution in [2.75, 3.05) is 13.1 Å². The maximum atomic E-state index is 4.49. The summed E-state index contributed by atoms with van der Waals surface area (Å²) in [7, 11) is 0. The SMILES string of the molecule is CCCNCC1CCCCC1Cc1ncnn1C(C)C. The van der Waals surface area contributed by atoms with Crippen LogP contribution in [-0.4, -0.2) is 27.9 Å². The van der Waals surface area contributed by atoms with E-state index in [1.807, 2.05) is 0 Å². The number of hydrogen-bond donors (Lipinski definition) is 1. The molecule has 4 nitrogen and oxygen atoms in total. The van der Waals surface area contributed by atoms with E-state index in [4.69, 9.17) is 0 Å². The molecule has 0 aliphatic heterocycles. The standard InChI is InChI=1S/C16H30N4/c1-4-9-17-11-15-8-6-5-7-14(15)10-16-18-12-19-20(16)13(2)3/h12-15,17H,4-11H2,1-3H3. The number of aromatic nitrogens is 3. The van der Waals surface area contributed by atoms with Crippen LogP contribution in [0.15, 0.2) is 6.33 Å². The molecule has 0 spiro atoms. The van der Waals surface area contributed by atoms with Crippen LogP contribution in [0, 0.1) is 11.8 Å². The van der Waals surface area contributed by atoms with Gasteiger partial charge in [0.15, 0.2) is 0 Å². The Labute approximate surface area is 123 Å². The van der Waals surface area contributed by atoms with E-state index in [1.54, 1.807) is 6.33 Å². The Bertz CT molecular complexity index is 386. The van der Waals surface area contributed by atoms with Crippen LogP contribution in [0.25, 0.3) is 0 Å². The molecule has 0 radical (unpaired) electrons. The molecule has 2 rings (SSSR count). The van der Waals surface area contributed by atoms with Crippen molar-refractivity contribution in [3.8, 4) is 0 Å². The molecule has 1 aromatic rings. The number of nitrogens with one attached hydrogen (secondary N) is 1. The van der Waals surface area contributed by atoms with Crippen molar-refractivity contribution < 1.29 is 0 Å². The monoisotopic (exact) mass is 278 g/mol. The van der Waals surface area contributed by atoms with E-state index in [1.165, 1.54) is 44.5 Å². The highest BCUT2D eigenvalue weighted by atomic mass is 15.3. The van der Waals surface area contributed by atoms with Gasteiger partial charge in [-0.3, -0.25) is 0 Å². The van der Waals surface area contributed by atoms with E-state index >= 15 is 0 Å². The molecule has 0 bridgehead atoms. The van der Waals surface area contributed by atoms with E-state index in [0.29, 0.717) is 6.04 Å². The molecule has 4 heteroatoms. The summed E-state index contributed by atoms with van der Waals surface area (Å²) in [6.45, 7) is 8.91. The molecule has 1 N–H and O–H groups in total. The average Bonchev–Trinajstić information content (AvgIpc) is 2.89. The summed E-state index contributed by atoms with van der Waals surface area (Å²) >= 11 is 0. The van der Waals surface area contributed by atoms with Gasteiger partial charge in [-0.2, -0.15) is 5.10 Å². The first-order chi connectivity index (χ1) is 9.72. The van der Waals surface area contributed by atoms with E-state index in [9.17, 15) is 0 Å². The Morgan fingerprint density at radius 3 is 2.75 bits per heavy atom. The first kappa shape index (κ1) is 15.5. The lowest BCUT2D eigenvalue weighted by atomic mass is 9.77. The highest BCUT2D eigenvalue weighted by Gasteiger charge is 2.26. The van der Waals surface area contributed by atoms with Crippen LogP contribution in [0.4, 0.5) is 0 Å². The van der Waals surface area contributed by atoms with Gasteiger partial charge in [-0.25, -0.2) is 9.67 Å². The predicted molar refractivity (Wildman–Crippen MR) is 82.7 cm³/mol. The van der Waals surface area contributed by atoms with Crippen LogP contribution in [0.3, 0.4) is 0 Å². The van der Waals surface area contributed by atoms with Crippen LogP contribution in [0.1, 0.15) is 64.7 Å². The fourth-order valence-corrected chi connectivity index (χ4v) is 3.37. The van der Waals surface area contributed by atoms with Crippen molar-refractivity contribution in [3.05, 3.63) is 12.2 Å². The summed E-state index contributed by atoms with van der Waals surface area (Å²) in [6.07, 6.45) is 9.52. The highest BCUT2D eigenvalue weighted by molar-refractivity contribution is 4.92. The van der Waals surface area contributed by atoms with Crippen molar-refractivity contribution in [2.45, 2.75) is 65.3 Å². The summed E-state index contributed by atoms with van der Waals surface area (Å²) in [5.74, 6) is 2.76. The summed E-state index contributed by atoms with van der Waals surface area (Å²) in [6, 6.07) is 0.410. The Kier molecular flexibility index (Phi) is 6.02. The Balaban J connectivity index is 1.95. The second-order valence-electron chi connectivity index (χ2n) is 6.43. The molecule has 0 aromatic carbocycles. The first-order valence-electron chi connectivity index (χ1n) is 8.31. The van der Waals surface area contributed by atoms with Crippen LogP contribution >= 0.6 is 0 Å². The van der Waals surface area contributed by atoms with E-state index < -0.39 is 0 Å². The highest BCUT2D eigenvalue weighted by Crippen LogP contribution is 2.32. The molecule has 20 heavy (non-hydrogen) atoms. The third kappa shape index (κ3) is 4.05. The van der Waals surface area contributed by atoms with Gasteiger partial charge in [0.05, 0.1) is 0 Å². The quantitative estimate of drug-likeness (QED) is 0.779. The normalized spacial score (nSPS) is 23.4. The van der Waals surface area contributed by atoms with Crippen molar-refractivity contribution >= 4 is 0 Å². The molecule has 1 saturated carbocycles. The molecule has 1 aliphatic carbocycles. The lowest BCUT2D eigenvalue weighted by Crippen LogP contribution is -2.32. The minimum absolute atomic E-state index is 0.410. The Hall–Kier alpha value is -0.900. The third-order valence-corrected chi connectivity index (χ3v) is 4.48. The van der Waals surface area contributed by atoms with Crippen LogP contribution < -0.4 is 5.32 Å². The molecule has 0 amide bonds. The molecule has 114 valence electrons. The van der Waals surface area contributed by atoms with Crippen molar-refractivity contribution in [2.24, 2.45) is 11.8 Å². The van der Waals surface area contributed by atoms with Gasteiger partial charge < -0.3 is 5.32 Å². The molecular formula is C16H30N4. The van der Waals surface area contributed by atoms with Gasteiger partial charge in [0.2, 0.25) is 0 Å². The van der Waals surface area contributed by atoms with Gasteiger partial charge in [0, 0.05) is 12.5 Å². The number of rotatable bonds is 7. The summed E-state index contributed by atoms with van der Waals surface area (Å²) in [4.78, 5) is 4.49. The molecule has 1 aliphatic rings. The molecule has 0 saturated heterocycles. The smallest absolute Gasteiger partial charge is 0.138 e. The van der Waals surface area contributed by atoms with Gasteiger partial charge in [-0.1, -0.05) is 19.8 Å². The zero-order valence-corrected chi connectivity index (χ0v) is 13.3. The molecule has 2 atom stereocenters. The second kappa shape index (κ2) is 7.77. The van der Waals surface area contributed by atoms with Crippen molar-refractivity contribution in [1.29, 1.82) is 0 Å². The first-order valence-corrected chi connectivity index (χ1v) is 8.31. The molecule has 1 aromatic heterocycles. The van der Waals surface area contributed by atoms with Crippen LogP contribution in [-0.2, 0) is 6.42 Å². The molecule has 1 fully saturated rings. The predicted octanol–water partition coefficient (Wildman–Crippen LogP) is 3.21. The molecular weight excluding hydrogens is 248 g/mol. The van der Waals surface area contributed by atoms with Gasteiger partial charge >= 0.3 is 0 Å². The largest absolute Gasteiger partial charge is 0.316 e. The summed E-state index contributed by atoms with van der Waals surface area (Å²) in [5.41, 5.74) is 0. The van der Waals surface area contributed by atoms with Crippen LogP contribution in [0.2, 0.25) is 0 Å². The fraction of sp³-hybridized carbons (Fsp3) is 0.875. The third-order valence-electron chi connectivity index (χ3n) is 4.48. The van der Waals surface area contributed by atoms with Crippen LogP contribution in [0.5, 0.6) is 0 Å². The average molecular weight is 278 g/mol. The molecule has 2 unspecified atom stereocenters. The maximum Gasteiger partial charge on any atom is 0.138 e. The second-order valence-corrected chi connectivity index (χ2v) is 6.43. The zero-order valence-electron chi connectivity index (χ0n) is 13.3. The van der Waals surface area contributed by atoms with E-state index in [2.05, 4.69) is 40.9 Å². The zero-order chi connectivity index (χ0) is 14.4. The van der Waals surface area contributed by atoms with Gasteiger partial charge in [0.25, 0.3) is 0 Å². The summed E-state index contributed by atoms with van der Waals surface area (Å²) in [5, 5.41) is 7.98. The number of hydrogen-bond acceptors (Lipinski definition) is 3. The maximum absolute atomic E-state index is 4.49. The summed E-state index contributed by atoms with van der Waals surface area (Å²) < 4.78 is 2.09. The van der Waals surface area contributed by atoms with E-state index in [0.717, 1.165) is 24.8 Å². The minimum atomic E-state index is 0.410. The van der Waals surface area contributed by atoms with Crippen molar-refractivity contribution in [3.63, 3.8) is 0 Å². The minimum Gasteiger partial charge on any atom is -0.316 e. The van der Waals surface area contributed by atoms with Gasteiger partial charge in [-0.05, 0) is 58.0 Å². The lowest BCUT2D eigenvalue weighted by molar-refractivity contribution is 0.223. The number of nitrogens with zero attached hydrogens (tertiary/aromatic N) is 3. The Morgan fingerprint density at radius 2 is 2.05 bits per heavy atom. The fourth-order valence-electron chi connectivity index (χ4n) is 3.37.